The first-order valence-corrected chi connectivity index (χ1v) is 8.85. The van der Waals surface area contributed by atoms with Gasteiger partial charge in [0.15, 0.2) is 0 Å². The third-order valence-corrected chi connectivity index (χ3v) is 4.96. The third-order valence-electron chi connectivity index (χ3n) is 4.65. The largest absolute Gasteiger partial charge is 0.506 e. The average molecular weight is 424 g/mol. The van der Waals surface area contributed by atoms with Gasteiger partial charge >= 0.3 is 12.6 Å². The van der Waals surface area contributed by atoms with Crippen LogP contribution in [0, 0.1) is 6.92 Å². The lowest BCUT2D eigenvalue weighted by Crippen LogP contribution is -2.15. The fourth-order valence-electron chi connectivity index (χ4n) is 3.29. The maximum Gasteiger partial charge on any atom is 0.387 e. The van der Waals surface area contributed by atoms with E-state index in [9.17, 15) is 28.6 Å². The fourth-order valence-corrected chi connectivity index (χ4v) is 3.45. The number of aromatic hydroxyl groups is 1. The number of rotatable bonds is 5. The van der Waals surface area contributed by atoms with Gasteiger partial charge in [-0.1, -0.05) is 11.6 Å². The Kier molecular flexibility index (Phi) is 5.48. The summed E-state index contributed by atoms with van der Waals surface area (Å²) in [6.45, 7) is 0.0783. The predicted octanol–water partition coefficient (Wildman–Crippen LogP) is 4.79. The summed E-state index contributed by atoms with van der Waals surface area (Å²) in [6.07, 6.45) is 0. The standard InChI is InChI=1S/C20H16ClF2NO5/c1-9(19(27)28)17-10(2)24(15-8-14(21)16(25)7-13(15)17)18(26)11-3-5-12(6-4-11)29-20(22)23/h3-9,20,25H,1-2H3,(H,27,28). The molecule has 0 aliphatic carbocycles. The Balaban J connectivity index is 2.18. The minimum absolute atomic E-state index is 0.000686. The minimum atomic E-state index is -2.98. The SMILES string of the molecule is Cc1c(C(C)C(=O)O)c2cc(O)c(Cl)cc2n1C(=O)c1ccc(OC(F)F)cc1. The van der Waals surface area contributed by atoms with Crippen LogP contribution in [0.25, 0.3) is 10.9 Å². The molecule has 0 saturated heterocycles. The van der Waals surface area contributed by atoms with E-state index < -0.39 is 24.4 Å². The minimum Gasteiger partial charge on any atom is -0.506 e. The second-order valence-corrected chi connectivity index (χ2v) is 6.83. The maximum absolute atomic E-state index is 13.1. The van der Waals surface area contributed by atoms with E-state index in [0.717, 1.165) is 0 Å². The second kappa shape index (κ2) is 7.71. The van der Waals surface area contributed by atoms with Crippen LogP contribution in [-0.2, 0) is 4.79 Å². The number of ether oxygens (including phenoxy) is 1. The summed E-state index contributed by atoms with van der Waals surface area (Å²) >= 11 is 6.00. The van der Waals surface area contributed by atoms with E-state index in [0.29, 0.717) is 22.2 Å². The molecule has 6 nitrogen and oxygen atoms in total. The first-order chi connectivity index (χ1) is 13.6. The molecule has 0 amide bonds. The number of carbonyl (C=O) groups excluding carboxylic acids is 1. The number of aliphatic carboxylic acids is 1. The van der Waals surface area contributed by atoms with Gasteiger partial charge in [0.1, 0.15) is 11.5 Å². The van der Waals surface area contributed by atoms with E-state index in [1.807, 2.05) is 0 Å². The summed E-state index contributed by atoms with van der Waals surface area (Å²) in [7, 11) is 0. The fraction of sp³-hybridized carbons (Fsp3) is 0.200. The van der Waals surface area contributed by atoms with E-state index in [1.165, 1.54) is 47.9 Å². The Bertz CT molecular complexity index is 1110. The molecule has 9 heteroatoms. The van der Waals surface area contributed by atoms with Crippen molar-refractivity contribution in [2.75, 3.05) is 0 Å². The molecule has 0 bridgehead atoms. The zero-order chi connectivity index (χ0) is 21.5. The first kappa shape index (κ1) is 20.6. The molecule has 0 spiro atoms. The van der Waals surface area contributed by atoms with Gasteiger partial charge in [0.05, 0.1) is 16.5 Å². The third kappa shape index (κ3) is 3.75. The molecule has 1 heterocycles. The Morgan fingerprint density at radius 1 is 1.17 bits per heavy atom. The highest BCUT2D eigenvalue weighted by Crippen LogP contribution is 2.38. The molecule has 2 N–H and O–H groups in total. The number of aromatic nitrogens is 1. The van der Waals surface area contributed by atoms with Crippen LogP contribution in [0.5, 0.6) is 11.5 Å². The molecule has 0 radical (unpaired) electrons. The number of hydrogen-bond donors (Lipinski definition) is 2. The van der Waals surface area contributed by atoms with Crippen LogP contribution < -0.4 is 4.74 Å². The van der Waals surface area contributed by atoms with Crippen molar-refractivity contribution >= 4 is 34.4 Å². The first-order valence-electron chi connectivity index (χ1n) is 8.47. The van der Waals surface area contributed by atoms with Crippen LogP contribution in [-0.4, -0.2) is 33.3 Å². The van der Waals surface area contributed by atoms with E-state index >= 15 is 0 Å². The summed E-state index contributed by atoms with van der Waals surface area (Å²) in [5.74, 6) is -2.90. The lowest BCUT2D eigenvalue weighted by Gasteiger charge is -2.10. The van der Waals surface area contributed by atoms with Crippen LogP contribution in [0.3, 0.4) is 0 Å². The van der Waals surface area contributed by atoms with Crippen LogP contribution in [0.4, 0.5) is 8.78 Å². The van der Waals surface area contributed by atoms with Crippen LogP contribution >= 0.6 is 11.6 Å². The van der Waals surface area contributed by atoms with Gasteiger partial charge < -0.3 is 14.9 Å². The zero-order valence-electron chi connectivity index (χ0n) is 15.3. The summed E-state index contributed by atoms with van der Waals surface area (Å²) in [5.41, 5.74) is 1.23. The number of halogens is 3. The summed E-state index contributed by atoms with van der Waals surface area (Å²) in [4.78, 5) is 24.7. The van der Waals surface area contributed by atoms with Crippen molar-refractivity contribution < 1.29 is 33.3 Å². The molecule has 29 heavy (non-hydrogen) atoms. The highest BCUT2D eigenvalue weighted by atomic mass is 35.5. The van der Waals surface area contributed by atoms with Crippen molar-refractivity contribution in [2.45, 2.75) is 26.4 Å². The molecule has 0 aliphatic heterocycles. The molecule has 2 aromatic carbocycles. The highest BCUT2D eigenvalue weighted by molar-refractivity contribution is 6.33. The van der Waals surface area contributed by atoms with Gasteiger partial charge in [-0.25, -0.2) is 0 Å². The number of alkyl halides is 2. The van der Waals surface area contributed by atoms with Gasteiger partial charge in [-0.2, -0.15) is 8.78 Å². The lowest BCUT2D eigenvalue weighted by molar-refractivity contribution is -0.138. The van der Waals surface area contributed by atoms with Crippen LogP contribution in [0.2, 0.25) is 5.02 Å². The van der Waals surface area contributed by atoms with Crippen LogP contribution in [0.15, 0.2) is 36.4 Å². The van der Waals surface area contributed by atoms with Crippen molar-refractivity contribution in [3.05, 3.63) is 58.2 Å². The molecular weight excluding hydrogens is 408 g/mol. The van der Waals surface area contributed by atoms with Gasteiger partial charge in [-0.3, -0.25) is 14.2 Å². The number of carbonyl (C=O) groups is 2. The van der Waals surface area contributed by atoms with Gasteiger partial charge in [-0.15, -0.1) is 0 Å². The predicted molar refractivity (Wildman–Crippen MR) is 102 cm³/mol. The Morgan fingerprint density at radius 3 is 2.34 bits per heavy atom. The number of fused-ring (bicyclic) bond motifs is 1. The zero-order valence-corrected chi connectivity index (χ0v) is 16.1. The number of nitrogens with zero attached hydrogens (tertiary/aromatic N) is 1. The van der Waals surface area contributed by atoms with E-state index in [1.54, 1.807) is 6.92 Å². The van der Waals surface area contributed by atoms with E-state index in [2.05, 4.69) is 4.74 Å². The van der Waals surface area contributed by atoms with Crippen molar-refractivity contribution in [2.24, 2.45) is 0 Å². The summed E-state index contributed by atoms with van der Waals surface area (Å²) in [5, 5.41) is 19.8. The Labute approximate surface area is 168 Å². The highest BCUT2D eigenvalue weighted by Gasteiger charge is 2.27. The molecule has 0 aliphatic rings. The number of hydrogen-bond acceptors (Lipinski definition) is 4. The molecule has 1 atom stereocenters. The van der Waals surface area contributed by atoms with Crippen molar-refractivity contribution in [3.8, 4) is 11.5 Å². The van der Waals surface area contributed by atoms with Gasteiger partial charge in [-0.05, 0) is 55.8 Å². The van der Waals surface area contributed by atoms with Crippen molar-refractivity contribution in [1.82, 2.24) is 4.57 Å². The van der Waals surface area contributed by atoms with E-state index in [-0.39, 0.29) is 22.1 Å². The molecule has 0 fully saturated rings. The van der Waals surface area contributed by atoms with Crippen molar-refractivity contribution in [1.29, 1.82) is 0 Å². The van der Waals surface area contributed by atoms with Crippen molar-refractivity contribution in [3.63, 3.8) is 0 Å². The molecule has 152 valence electrons. The molecule has 3 aromatic rings. The molecule has 3 rings (SSSR count). The summed E-state index contributed by atoms with van der Waals surface area (Å²) in [6, 6.07) is 7.83. The topological polar surface area (TPSA) is 88.8 Å². The monoisotopic (exact) mass is 423 g/mol. The summed E-state index contributed by atoms with van der Waals surface area (Å²) < 4.78 is 30.2. The van der Waals surface area contributed by atoms with Gasteiger partial charge in [0, 0.05) is 16.6 Å². The molecular formula is C20H16ClF2NO5. The quantitative estimate of drug-likeness (QED) is 0.616. The number of carboxylic acid groups (broad SMARTS) is 1. The number of benzene rings is 2. The maximum atomic E-state index is 13.1. The number of phenolic OH excluding ortho intramolecular Hbond substituents is 1. The number of carboxylic acids is 1. The van der Waals surface area contributed by atoms with Gasteiger partial charge in [0.25, 0.3) is 5.91 Å². The van der Waals surface area contributed by atoms with Crippen LogP contribution in [0.1, 0.15) is 34.5 Å². The van der Waals surface area contributed by atoms with Gasteiger partial charge in [0.2, 0.25) is 0 Å². The second-order valence-electron chi connectivity index (χ2n) is 6.42. The number of phenols is 1. The smallest absolute Gasteiger partial charge is 0.387 e. The molecule has 1 aromatic heterocycles. The average Bonchev–Trinajstić information content (AvgIpc) is 2.92. The molecule has 1 unspecified atom stereocenters. The Hall–Kier alpha value is -3.13. The Morgan fingerprint density at radius 2 is 1.79 bits per heavy atom. The normalized spacial score (nSPS) is 12.3. The molecule has 0 saturated carbocycles. The van der Waals surface area contributed by atoms with E-state index in [4.69, 9.17) is 11.6 Å². The lowest BCUT2D eigenvalue weighted by atomic mass is 9.98.